The highest BCUT2D eigenvalue weighted by atomic mass is 79.9. The molecule has 4 heteroatoms. The van der Waals surface area contributed by atoms with Crippen molar-refractivity contribution in [2.75, 3.05) is 7.05 Å². The third kappa shape index (κ3) is 3.37. The number of nitrogens with one attached hydrogen (secondary N) is 1. The lowest BCUT2D eigenvalue weighted by Gasteiger charge is -2.21. The van der Waals surface area contributed by atoms with Crippen LogP contribution in [0.15, 0.2) is 34.8 Å². The second-order valence-electron chi connectivity index (χ2n) is 4.88. The van der Waals surface area contributed by atoms with Crippen LogP contribution in [-0.4, -0.2) is 7.05 Å². The zero-order valence-corrected chi connectivity index (χ0v) is 14.7. The van der Waals surface area contributed by atoms with Crippen molar-refractivity contribution in [3.63, 3.8) is 0 Å². The highest BCUT2D eigenvalue weighted by Crippen LogP contribution is 2.31. The van der Waals surface area contributed by atoms with Gasteiger partial charge in [0.2, 0.25) is 0 Å². The van der Waals surface area contributed by atoms with E-state index in [2.05, 4.69) is 47.2 Å². The quantitative estimate of drug-likeness (QED) is 0.730. The smallest absolute Gasteiger partial charge is 0.0578 e. The van der Waals surface area contributed by atoms with Gasteiger partial charge in [-0.25, -0.2) is 0 Å². The van der Waals surface area contributed by atoms with Crippen LogP contribution in [0.4, 0.5) is 0 Å². The number of halogens is 3. The first-order chi connectivity index (χ1) is 9.42. The molecule has 1 atom stereocenters. The fourth-order valence-corrected chi connectivity index (χ4v) is 3.36. The molecule has 2 rings (SSSR count). The molecular weight excluding hydrogens is 357 g/mol. The summed E-state index contributed by atoms with van der Waals surface area (Å²) >= 11 is 15.8. The zero-order valence-electron chi connectivity index (χ0n) is 11.6. The molecule has 0 heterocycles. The molecule has 1 N–H and O–H groups in total. The lowest BCUT2D eigenvalue weighted by Crippen LogP contribution is -2.19. The Hall–Kier alpha value is -0.540. The van der Waals surface area contributed by atoms with Gasteiger partial charge in [0.25, 0.3) is 0 Å². The molecule has 0 aromatic heterocycles. The molecule has 2 aromatic carbocycles. The summed E-state index contributed by atoms with van der Waals surface area (Å²) in [6, 6.07) is 10.0. The molecule has 0 aliphatic rings. The Morgan fingerprint density at radius 3 is 2.10 bits per heavy atom. The molecule has 0 bridgehead atoms. The Kier molecular flexibility index (Phi) is 5.14. The second-order valence-corrected chi connectivity index (χ2v) is 6.61. The van der Waals surface area contributed by atoms with Gasteiger partial charge >= 0.3 is 0 Å². The maximum Gasteiger partial charge on any atom is 0.0578 e. The minimum atomic E-state index is 0.0676. The predicted molar refractivity (Wildman–Crippen MR) is 91.0 cm³/mol. The first-order valence-electron chi connectivity index (χ1n) is 6.32. The van der Waals surface area contributed by atoms with Gasteiger partial charge in [0.05, 0.1) is 6.04 Å². The van der Waals surface area contributed by atoms with Crippen LogP contribution >= 0.6 is 39.1 Å². The van der Waals surface area contributed by atoms with Crippen molar-refractivity contribution in [3.05, 3.63) is 67.1 Å². The maximum absolute atomic E-state index is 6.12. The topological polar surface area (TPSA) is 12.0 Å². The number of aryl methyl sites for hydroxylation is 2. The van der Waals surface area contributed by atoms with Crippen molar-refractivity contribution in [3.8, 4) is 0 Å². The standard InChI is InChI=1S/C16H16BrCl2N/c1-9-5-15(17)10(2)4-14(9)16(20-3)11-6-12(18)8-13(19)7-11/h4-8,16,20H,1-3H3. The number of hydrogen-bond acceptors (Lipinski definition) is 1. The van der Waals surface area contributed by atoms with E-state index in [0.717, 1.165) is 10.0 Å². The number of hydrogen-bond donors (Lipinski definition) is 1. The van der Waals surface area contributed by atoms with Crippen LogP contribution in [0.1, 0.15) is 28.3 Å². The Balaban J connectivity index is 2.55. The summed E-state index contributed by atoms with van der Waals surface area (Å²) in [5, 5.41) is 4.65. The second kappa shape index (κ2) is 6.48. The largest absolute Gasteiger partial charge is 0.309 e. The van der Waals surface area contributed by atoms with Crippen LogP contribution in [-0.2, 0) is 0 Å². The molecule has 20 heavy (non-hydrogen) atoms. The Bertz CT molecular complexity index is 620. The monoisotopic (exact) mass is 371 g/mol. The molecule has 0 aliphatic heterocycles. The van der Waals surface area contributed by atoms with Crippen LogP contribution in [0.3, 0.4) is 0 Å². The maximum atomic E-state index is 6.12. The van der Waals surface area contributed by atoms with Crippen LogP contribution in [0.2, 0.25) is 10.0 Å². The summed E-state index contributed by atoms with van der Waals surface area (Å²) in [5.74, 6) is 0. The average molecular weight is 373 g/mol. The van der Waals surface area contributed by atoms with E-state index in [9.17, 15) is 0 Å². The fourth-order valence-electron chi connectivity index (χ4n) is 2.36. The molecule has 2 aromatic rings. The summed E-state index contributed by atoms with van der Waals surface area (Å²) in [6.07, 6.45) is 0. The van der Waals surface area contributed by atoms with E-state index in [0.29, 0.717) is 10.0 Å². The molecule has 1 nitrogen and oxygen atoms in total. The molecule has 0 fully saturated rings. The van der Waals surface area contributed by atoms with Gasteiger partial charge in [-0.3, -0.25) is 0 Å². The fraction of sp³-hybridized carbons (Fsp3) is 0.250. The normalized spacial score (nSPS) is 12.5. The third-order valence-corrected chi connectivity index (χ3v) is 4.66. The van der Waals surface area contributed by atoms with Gasteiger partial charge in [-0.1, -0.05) is 45.2 Å². The lowest BCUT2D eigenvalue weighted by atomic mass is 9.93. The Morgan fingerprint density at radius 1 is 0.950 bits per heavy atom. The molecular formula is C16H16BrCl2N. The summed E-state index contributed by atoms with van der Waals surface area (Å²) in [4.78, 5) is 0. The molecule has 0 amide bonds. The highest BCUT2D eigenvalue weighted by Gasteiger charge is 2.16. The van der Waals surface area contributed by atoms with Gasteiger partial charge in [-0.15, -0.1) is 0 Å². The van der Waals surface area contributed by atoms with Crippen molar-refractivity contribution in [2.24, 2.45) is 0 Å². The van der Waals surface area contributed by atoms with Gasteiger partial charge in [0.1, 0.15) is 0 Å². The molecule has 0 radical (unpaired) electrons. The van der Waals surface area contributed by atoms with Gasteiger partial charge in [0, 0.05) is 14.5 Å². The SMILES string of the molecule is CNC(c1cc(Cl)cc(Cl)c1)c1cc(C)c(Br)cc1C. The van der Waals surface area contributed by atoms with Gasteiger partial charge < -0.3 is 5.32 Å². The number of benzene rings is 2. The lowest BCUT2D eigenvalue weighted by molar-refractivity contribution is 0.687. The predicted octanol–water partition coefficient (Wildman–Crippen LogP) is 5.68. The first kappa shape index (κ1) is 15.8. The molecule has 0 spiro atoms. The minimum absolute atomic E-state index is 0.0676. The summed E-state index contributed by atoms with van der Waals surface area (Å²) in [5.41, 5.74) is 4.72. The van der Waals surface area contributed by atoms with Crippen LogP contribution in [0.5, 0.6) is 0 Å². The van der Waals surface area contributed by atoms with Gasteiger partial charge in [0.15, 0.2) is 0 Å². The first-order valence-corrected chi connectivity index (χ1v) is 7.87. The minimum Gasteiger partial charge on any atom is -0.309 e. The van der Waals surface area contributed by atoms with Crippen molar-refractivity contribution in [1.29, 1.82) is 0 Å². The van der Waals surface area contributed by atoms with Crippen molar-refractivity contribution >= 4 is 39.1 Å². The van der Waals surface area contributed by atoms with E-state index >= 15 is 0 Å². The van der Waals surface area contributed by atoms with Crippen LogP contribution in [0.25, 0.3) is 0 Å². The van der Waals surface area contributed by atoms with E-state index in [1.807, 2.05) is 19.2 Å². The van der Waals surface area contributed by atoms with Crippen molar-refractivity contribution < 1.29 is 0 Å². The third-order valence-electron chi connectivity index (χ3n) is 3.37. The van der Waals surface area contributed by atoms with E-state index in [1.165, 1.54) is 16.7 Å². The average Bonchev–Trinajstić information content (AvgIpc) is 2.35. The van der Waals surface area contributed by atoms with E-state index in [-0.39, 0.29) is 6.04 Å². The molecule has 0 saturated carbocycles. The summed E-state index contributed by atoms with van der Waals surface area (Å²) in [7, 11) is 1.94. The van der Waals surface area contributed by atoms with E-state index in [1.54, 1.807) is 6.07 Å². The summed E-state index contributed by atoms with van der Waals surface area (Å²) in [6.45, 7) is 4.20. The summed E-state index contributed by atoms with van der Waals surface area (Å²) < 4.78 is 1.12. The molecule has 1 unspecified atom stereocenters. The van der Waals surface area contributed by atoms with Gasteiger partial charge in [-0.05, 0) is 67.4 Å². The van der Waals surface area contributed by atoms with Crippen LogP contribution in [0, 0.1) is 13.8 Å². The van der Waals surface area contributed by atoms with Gasteiger partial charge in [-0.2, -0.15) is 0 Å². The van der Waals surface area contributed by atoms with Crippen molar-refractivity contribution in [1.82, 2.24) is 5.32 Å². The molecule has 0 aliphatic carbocycles. The van der Waals surface area contributed by atoms with Crippen LogP contribution < -0.4 is 5.32 Å². The number of rotatable bonds is 3. The zero-order chi connectivity index (χ0) is 14.9. The molecule has 0 saturated heterocycles. The van der Waals surface area contributed by atoms with E-state index < -0.39 is 0 Å². The van der Waals surface area contributed by atoms with Crippen molar-refractivity contribution in [2.45, 2.75) is 19.9 Å². The van der Waals surface area contributed by atoms with E-state index in [4.69, 9.17) is 23.2 Å². The Labute approximate surface area is 138 Å². The Morgan fingerprint density at radius 2 is 1.55 bits per heavy atom. The highest BCUT2D eigenvalue weighted by molar-refractivity contribution is 9.10. The molecule has 106 valence electrons.